The van der Waals surface area contributed by atoms with Crippen molar-refractivity contribution in [3.05, 3.63) is 30.1 Å². The van der Waals surface area contributed by atoms with Crippen LogP contribution >= 0.6 is 0 Å². The van der Waals surface area contributed by atoms with E-state index in [-0.39, 0.29) is 12.0 Å². The van der Waals surface area contributed by atoms with Crippen molar-refractivity contribution in [2.24, 2.45) is 0 Å². The van der Waals surface area contributed by atoms with Gasteiger partial charge in [0.05, 0.1) is 18.0 Å². The first-order chi connectivity index (χ1) is 10.6. The third-order valence-electron chi connectivity index (χ3n) is 3.28. The topological polar surface area (TPSA) is 107 Å². The summed E-state index contributed by atoms with van der Waals surface area (Å²) in [5, 5.41) is 25.3. The molecule has 3 rings (SSSR count). The Morgan fingerprint density at radius 3 is 2.68 bits per heavy atom. The smallest absolute Gasteiger partial charge is 0.211 e. The van der Waals surface area contributed by atoms with Gasteiger partial charge in [0.25, 0.3) is 0 Å². The Bertz CT molecular complexity index is 595. The van der Waals surface area contributed by atoms with Crippen molar-refractivity contribution in [1.29, 1.82) is 0 Å². The van der Waals surface area contributed by atoms with Gasteiger partial charge in [-0.1, -0.05) is 0 Å². The van der Waals surface area contributed by atoms with Gasteiger partial charge in [0, 0.05) is 18.2 Å². The lowest BCUT2D eigenvalue weighted by Crippen LogP contribution is -2.04. The van der Waals surface area contributed by atoms with E-state index in [1.807, 2.05) is 0 Å². The molecular formula is C13H17F2N5O2. The number of hydrogen-bond acceptors (Lipinski definition) is 6. The van der Waals surface area contributed by atoms with Gasteiger partial charge in [-0.2, -0.15) is 9.49 Å². The summed E-state index contributed by atoms with van der Waals surface area (Å²) in [5.41, 5.74) is 0.845. The highest BCUT2D eigenvalue weighted by atomic mass is 19.1. The highest BCUT2D eigenvalue weighted by molar-refractivity contribution is 5.49. The maximum Gasteiger partial charge on any atom is 0.211 e. The second-order valence-corrected chi connectivity index (χ2v) is 4.84. The predicted molar refractivity (Wildman–Crippen MR) is 74.7 cm³/mol. The lowest BCUT2D eigenvalue weighted by Gasteiger charge is -2.09. The van der Waals surface area contributed by atoms with Crippen LogP contribution in [0.2, 0.25) is 0 Å². The van der Waals surface area contributed by atoms with Crippen molar-refractivity contribution in [2.45, 2.75) is 31.3 Å². The maximum absolute atomic E-state index is 12.8. The molecule has 0 aromatic carbocycles. The zero-order valence-electron chi connectivity index (χ0n) is 11.7. The van der Waals surface area contributed by atoms with E-state index in [4.69, 9.17) is 5.11 Å². The van der Waals surface area contributed by atoms with Crippen LogP contribution in [0, 0.1) is 5.95 Å². The van der Waals surface area contributed by atoms with E-state index < -0.39 is 12.8 Å². The number of hydrogen-bond donors (Lipinski definition) is 4. The molecule has 0 bridgehead atoms. The quantitative estimate of drug-likeness (QED) is 0.686. The molecule has 1 aliphatic carbocycles. The van der Waals surface area contributed by atoms with Crippen LogP contribution in [0.3, 0.4) is 0 Å². The highest BCUT2D eigenvalue weighted by Gasteiger charge is 2.25. The van der Waals surface area contributed by atoms with E-state index in [1.54, 1.807) is 12.4 Å². The molecule has 2 aromatic rings. The van der Waals surface area contributed by atoms with Crippen LogP contribution in [-0.2, 0) is 0 Å². The van der Waals surface area contributed by atoms with Gasteiger partial charge < -0.3 is 15.5 Å². The molecule has 7 nitrogen and oxygen atoms in total. The second-order valence-electron chi connectivity index (χ2n) is 4.84. The number of alkyl halides is 1. The molecular weight excluding hydrogens is 296 g/mol. The first kappa shape index (κ1) is 16.2. The Balaban J connectivity index is 0.000000545. The Labute approximate surface area is 125 Å². The molecule has 0 aliphatic heterocycles. The summed E-state index contributed by atoms with van der Waals surface area (Å²) in [7, 11) is 0. The normalized spacial score (nSPS) is 20.4. The van der Waals surface area contributed by atoms with Gasteiger partial charge in [-0.3, -0.25) is 10.1 Å². The summed E-state index contributed by atoms with van der Waals surface area (Å²) in [6, 6.07) is 1.24. The molecule has 0 saturated heterocycles. The molecule has 2 atom stereocenters. The van der Waals surface area contributed by atoms with Crippen molar-refractivity contribution < 1.29 is 19.0 Å². The van der Waals surface area contributed by atoms with Crippen molar-refractivity contribution >= 4 is 11.6 Å². The van der Waals surface area contributed by atoms with Crippen LogP contribution in [0.25, 0.3) is 0 Å². The Morgan fingerprint density at radius 2 is 2.09 bits per heavy atom. The number of aromatic amines is 1. The van der Waals surface area contributed by atoms with Crippen LogP contribution in [-0.4, -0.2) is 43.3 Å². The van der Waals surface area contributed by atoms with Gasteiger partial charge >= 0.3 is 0 Å². The fraction of sp³-hybridized carbons (Fsp3) is 0.462. The molecule has 2 unspecified atom stereocenters. The molecule has 2 heterocycles. The molecule has 2 aromatic heterocycles. The number of nitrogens with one attached hydrogen (secondary N) is 2. The van der Waals surface area contributed by atoms with E-state index >= 15 is 0 Å². The average molecular weight is 313 g/mol. The standard InChI is InChI=1S/C12H14FN5O.CH3FO/c13-10-4-11(18-17-10)16-12-6-14-5-9(15-12)7-1-2-8(19)3-7;2-1-3/h4-8,19H,1-3H2,(H2,15,16,17,18);3H,1H2. The molecule has 0 amide bonds. The van der Waals surface area contributed by atoms with Crippen LogP contribution < -0.4 is 5.32 Å². The maximum atomic E-state index is 12.8. The number of H-pyrrole nitrogens is 1. The zero-order chi connectivity index (χ0) is 15.9. The summed E-state index contributed by atoms with van der Waals surface area (Å²) in [4.78, 5) is 8.55. The number of aliphatic hydroxyl groups excluding tert-OH is 2. The molecule has 1 aliphatic rings. The number of halogens is 2. The van der Waals surface area contributed by atoms with Gasteiger partial charge in [0.2, 0.25) is 5.95 Å². The molecule has 1 fully saturated rings. The molecule has 0 radical (unpaired) electrons. The third-order valence-corrected chi connectivity index (χ3v) is 3.28. The van der Waals surface area contributed by atoms with Gasteiger partial charge in [-0.05, 0) is 19.3 Å². The Morgan fingerprint density at radius 1 is 1.32 bits per heavy atom. The van der Waals surface area contributed by atoms with E-state index in [9.17, 15) is 13.9 Å². The second kappa shape index (κ2) is 7.76. The molecule has 120 valence electrons. The van der Waals surface area contributed by atoms with Crippen molar-refractivity contribution in [1.82, 2.24) is 20.2 Å². The monoisotopic (exact) mass is 313 g/mol. The van der Waals surface area contributed by atoms with Crippen molar-refractivity contribution in [3.8, 4) is 0 Å². The van der Waals surface area contributed by atoms with Gasteiger partial charge in [0.15, 0.2) is 12.7 Å². The number of aromatic nitrogens is 4. The summed E-state index contributed by atoms with van der Waals surface area (Å²) >= 11 is 0. The lowest BCUT2D eigenvalue weighted by atomic mass is 10.0. The Hall–Kier alpha value is -2.13. The molecule has 22 heavy (non-hydrogen) atoms. The first-order valence-corrected chi connectivity index (χ1v) is 6.77. The minimum Gasteiger partial charge on any atom is -0.393 e. The van der Waals surface area contributed by atoms with Crippen LogP contribution in [0.1, 0.15) is 30.9 Å². The summed E-state index contributed by atoms with van der Waals surface area (Å²) in [6.45, 7) is -1.25. The number of anilines is 2. The minimum atomic E-state index is -1.25. The van der Waals surface area contributed by atoms with Crippen LogP contribution in [0.4, 0.5) is 20.4 Å². The van der Waals surface area contributed by atoms with Crippen molar-refractivity contribution in [3.63, 3.8) is 0 Å². The average Bonchev–Trinajstić information content (AvgIpc) is 3.09. The predicted octanol–water partition coefficient (Wildman–Crippen LogP) is 1.62. The summed E-state index contributed by atoms with van der Waals surface area (Å²) < 4.78 is 22.6. The fourth-order valence-corrected chi connectivity index (χ4v) is 2.36. The van der Waals surface area contributed by atoms with Gasteiger partial charge in [-0.25, -0.2) is 9.37 Å². The number of aliphatic hydroxyl groups is 2. The zero-order valence-corrected chi connectivity index (χ0v) is 11.7. The third kappa shape index (κ3) is 4.43. The SMILES string of the molecule is OC1CCC(c2cncc(Nc3cc(F)[nH]n3)n2)C1.OCF. The summed E-state index contributed by atoms with van der Waals surface area (Å²) in [5.74, 6) is 0.603. The Kier molecular flexibility index (Phi) is 5.73. The minimum absolute atomic E-state index is 0.236. The lowest BCUT2D eigenvalue weighted by molar-refractivity contribution is 0.168. The van der Waals surface area contributed by atoms with E-state index in [0.717, 1.165) is 25.0 Å². The molecule has 1 saturated carbocycles. The van der Waals surface area contributed by atoms with Gasteiger partial charge in [0.1, 0.15) is 5.82 Å². The van der Waals surface area contributed by atoms with Crippen LogP contribution in [0.5, 0.6) is 0 Å². The molecule has 0 spiro atoms. The fourth-order valence-electron chi connectivity index (χ4n) is 2.36. The summed E-state index contributed by atoms with van der Waals surface area (Å²) in [6.07, 6.45) is 5.45. The number of rotatable bonds is 3. The molecule has 9 heteroatoms. The van der Waals surface area contributed by atoms with E-state index in [0.29, 0.717) is 11.6 Å². The largest absolute Gasteiger partial charge is 0.393 e. The van der Waals surface area contributed by atoms with Crippen LogP contribution in [0.15, 0.2) is 18.5 Å². The van der Waals surface area contributed by atoms with Crippen molar-refractivity contribution in [2.75, 3.05) is 12.2 Å². The molecule has 4 N–H and O–H groups in total. The first-order valence-electron chi connectivity index (χ1n) is 6.77. The van der Waals surface area contributed by atoms with E-state index in [1.165, 1.54) is 6.07 Å². The highest BCUT2D eigenvalue weighted by Crippen LogP contribution is 2.33. The van der Waals surface area contributed by atoms with E-state index in [2.05, 4.69) is 25.5 Å². The van der Waals surface area contributed by atoms with Gasteiger partial charge in [-0.15, -0.1) is 0 Å². The number of nitrogens with zero attached hydrogens (tertiary/aromatic N) is 3.